The number of anilines is 1. The maximum absolute atomic E-state index is 5.93. The molecule has 1 fully saturated rings. The second kappa shape index (κ2) is 6.80. The van der Waals surface area contributed by atoms with Crippen LogP contribution < -0.4 is 5.32 Å². The Morgan fingerprint density at radius 1 is 1.19 bits per heavy atom. The quantitative estimate of drug-likeness (QED) is 0.914. The van der Waals surface area contributed by atoms with Gasteiger partial charge in [0.15, 0.2) is 0 Å². The molecule has 0 bridgehead atoms. The third-order valence-electron chi connectivity index (χ3n) is 3.78. The highest BCUT2D eigenvalue weighted by Crippen LogP contribution is 2.26. The van der Waals surface area contributed by atoms with Crippen LogP contribution in [0.25, 0.3) is 5.95 Å². The van der Waals surface area contributed by atoms with Crippen LogP contribution in [0.3, 0.4) is 0 Å². The molecule has 0 aromatic carbocycles. The van der Waals surface area contributed by atoms with Gasteiger partial charge in [0.2, 0.25) is 11.2 Å². The summed E-state index contributed by atoms with van der Waals surface area (Å²) in [6.07, 6.45) is 10.9. The van der Waals surface area contributed by atoms with E-state index in [0.29, 0.717) is 11.9 Å². The fourth-order valence-electron chi connectivity index (χ4n) is 2.70. The van der Waals surface area contributed by atoms with Crippen molar-refractivity contribution in [2.45, 2.75) is 38.5 Å². The molecule has 21 heavy (non-hydrogen) atoms. The number of nitrogens with one attached hydrogen (secondary N) is 1. The summed E-state index contributed by atoms with van der Waals surface area (Å²) in [4.78, 5) is 16.3. The number of rotatable bonds is 5. The minimum Gasteiger partial charge on any atom is -0.354 e. The van der Waals surface area contributed by atoms with E-state index >= 15 is 0 Å². The fourth-order valence-corrected chi connectivity index (χ4v) is 2.85. The predicted octanol–water partition coefficient (Wildman–Crippen LogP) is 2.49. The first-order chi connectivity index (χ1) is 10.3. The normalized spacial score (nSPS) is 16.0. The van der Waals surface area contributed by atoms with Crippen molar-refractivity contribution in [3.8, 4) is 5.95 Å². The first-order valence-corrected chi connectivity index (χ1v) is 7.69. The van der Waals surface area contributed by atoms with Gasteiger partial charge in [-0.25, -0.2) is 4.98 Å². The van der Waals surface area contributed by atoms with Gasteiger partial charge in [-0.15, -0.1) is 0 Å². The van der Waals surface area contributed by atoms with E-state index in [1.165, 1.54) is 49.4 Å². The maximum atomic E-state index is 5.93. The molecule has 2 heterocycles. The van der Waals surface area contributed by atoms with Crippen LogP contribution in [-0.4, -0.2) is 36.3 Å². The SMILES string of the molecule is Clc1nc(NCCC2CCCCC2)nc(-n2cncn2)n1. The predicted molar refractivity (Wildman–Crippen MR) is 79.4 cm³/mol. The van der Waals surface area contributed by atoms with Gasteiger partial charge in [0.05, 0.1) is 0 Å². The summed E-state index contributed by atoms with van der Waals surface area (Å²) in [6.45, 7) is 0.849. The van der Waals surface area contributed by atoms with E-state index in [1.54, 1.807) is 0 Å². The summed E-state index contributed by atoms with van der Waals surface area (Å²) >= 11 is 5.93. The summed E-state index contributed by atoms with van der Waals surface area (Å²) in [6, 6.07) is 0. The minimum atomic E-state index is 0.149. The van der Waals surface area contributed by atoms with Gasteiger partial charge in [-0.3, -0.25) is 0 Å². The second-order valence-electron chi connectivity index (χ2n) is 5.29. The van der Waals surface area contributed by atoms with Crippen molar-refractivity contribution in [3.05, 3.63) is 17.9 Å². The molecule has 112 valence electrons. The summed E-state index contributed by atoms with van der Waals surface area (Å²) in [7, 11) is 0. The average molecular weight is 308 g/mol. The Hall–Kier alpha value is -1.76. The monoisotopic (exact) mass is 307 g/mol. The van der Waals surface area contributed by atoms with Crippen LogP contribution in [0.15, 0.2) is 12.7 Å². The molecule has 0 atom stereocenters. The van der Waals surface area contributed by atoms with Gasteiger partial charge < -0.3 is 5.32 Å². The molecular formula is C13H18ClN7. The molecule has 0 amide bonds. The molecule has 0 aliphatic heterocycles. The van der Waals surface area contributed by atoms with Crippen molar-refractivity contribution in [2.24, 2.45) is 5.92 Å². The van der Waals surface area contributed by atoms with Gasteiger partial charge in [-0.2, -0.15) is 24.7 Å². The third kappa shape index (κ3) is 3.87. The highest BCUT2D eigenvalue weighted by molar-refractivity contribution is 6.28. The van der Waals surface area contributed by atoms with E-state index in [-0.39, 0.29) is 5.28 Å². The van der Waals surface area contributed by atoms with Gasteiger partial charge >= 0.3 is 0 Å². The van der Waals surface area contributed by atoms with Gasteiger partial charge in [-0.1, -0.05) is 32.1 Å². The Morgan fingerprint density at radius 3 is 2.81 bits per heavy atom. The lowest BCUT2D eigenvalue weighted by atomic mass is 9.87. The van der Waals surface area contributed by atoms with E-state index < -0.39 is 0 Å². The topological polar surface area (TPSA) is 81.4 Å². The maximum Gasteiger partial charge on any atom is 0.258 e. The fraction of sp³-hybridized carbons (Fsp3) is 0.615. The van der Waals surface area contributed by atoms with E-state index in [0.717, 1.165) is 18.9 Å². The number of hydrogen-bond acceptors (Lipinski definition) is 6. The number of halogens is 1. The van der Waals surface area contributed by atoms with Gasteiger partial charge in [-0.05, 0) is 23.9 Å². The first kappa shape index (κ1) is 14.2. The lowest BCUT2D eigenvalue weighted by Gasteiger charge is -2.21. The van der Waals surface area contributed by atoms with E-state index in [4.69, 9.17) is 11.6 Å². The Morgan fingerprint density at radius 2 is 2.05 bits per heavy atom. The van der Waals surface area contributed by atoms with Crippen LogP contribution in [0.2, 0.25) is 5.28 Å². The van der Waals surface area contributed by atoms with E-state index in [9.17, 15) is 0 Å². The minimum absolute atomic E-state index is 0.149. The molecule has 8 heteroatoms. The molecule has 2 aromatic rings. The standard InChI is InChI=1S/C13H18ClN7/c14-11-18-12(16-7-6-10-4-2-1-3-5-10)20-13(19-11)21-9-15-8-17-21/h8-10H,1-7H2,(H,16,18,19,20). The molecular weight excluding hydrogens is 290 g/mol. The number of nitrogens with zero attached hydrogens (tertiary/aromatic N) is 6. The number of hydrogen-bond donors (Lipinski definition) is 1. The lowest BCUT2D eigenvalue weighted by molar-refractivity contribution is 0.345. The highest BCUT2D eigenvalue weighted by atomic mass is 35.5. The van der Waals surface area contributed by atoms with Crippen molar-refractivity contribution in [1.82, 2.24) is 29.7 Å². The largest absolute Gasteiger partial charge is 0.354 e. The molecule has 7 nitrogen and oxygen atoms in total. The van der Waals surface area contributed by atoms with Crippen LogP contribution >= 0.6 is 11.6 Å². The Balaban J connectivity index is 1.60. The van der Waals surface area contributed by atoms with Crippen molar-refractivity contribution < 1.29 is 0 Å². The molecule has 0 saturated heterocycles. The summed E-state index contributed by atoms with van der Waals surface area (Å²) < 4.78 is 1.46. The Kier molecular flexibility index (Phi) is 4.59. The Bertz CT molecular complexity index is 566. The van der Waals surface area contributed by atoms with Gasteiger partial charge in [0.25, 0.3) is 5.95 Å². The molecule has 3 rings (SSSR count). The molecule has 0 unspecified atom stereocenters. The molecule has 1 aliphatic rings. The van der Waals surface area contributed by atoms with Gasteiger partial charge in [0.1, 0.15) is 12.7 Å². The zero-order chi connectivity index (χ0) is 14.5. The van der Waals surface area contributed by atoms with E-state index in [1.807, 2.05) is 0 Å². The molecule has 2 aromatic heterocycles. The zero-order valence-corrected chi connectivity index (χ0v) is 12.5. The van der Waals surface area contributed by atoms with Crippen molar-refractivity contribution in [3.63, 3.8) is 0 Å². The number of aromatic nitrogens is 6. The van der Waals surface area contributed by atoms with E-state index in [2.05, 4.69) is 30.4 Å². The molecule has 1 N–H and O–H groups in total. The first-order valence-electron chi connectivity index (χ1n) is 7.32. The summed E-state index contributed by atoms with van der Waals surface area (Å²) in [5.74, 6) is 1.67. The van der Waals surface area contributed by atoms with Crippen molar-refractivity contribution in [1.29, 1.82) is 0 Å². The van der Waals surface area contributed by atoms with Crippen molar-refractivity contribution in [2.75, 3.05) is 11.9 Å². The third-order valence-corrected chi connectivity index (χ3v) is 3.95. The second-order valence-corrected chi connectivity index (χ2v) is 5.63. The van der Waals surface area contributed by atoms with Crippen LogP contribution in [-0.2, 0) is 0 Å². The van der Waals surface area contributed by atoms with Crippen LogP contribution in [0, 0.1) is 5.92 Å². The lowest BCUT2D eigenvalue weighted by Crippen LogP contribution is -2.14. The van der Waals surface area contributed by atoms with Crippen LogP contribution in [0.1, 0.15) is 38.5 Å². The summed E-state index contributed by atoms with van der Waals surface area (Å²) in [5.41, 5.74) is 0. The zero-order valence-electron chi connectivity index (χ0n) is 11.7. The van der Waals surface area contributed by atoms with Crippen molar-refractivity contribution >= 4 is 17.5 Å². The average Bonchev–Trinajstić information content (AvgIpc) is 3.02. The van der Waals surface area contributed by atoms with Gasteiger partial charge in [0, 0.05) is 6.54 Å². The molecule has 1 aliphatic carbocycles. The van der Waals surface area contributed by atoms with Crippen LogP contribution in [0.4, 0.5) is 5.95 Å². The smallest absolute Gasteiger partial charge is 0.258 e. The Labute approximate surface area is 128 Å². The highest BCUT2D eigenvalue weighted by Gasteiger charge is 2.13. The molecule has 1 saturated carbocycles. The molecule has 0 radical (unpaired) electrons. The van der Waals surface area contributed by atoms with Crippen LogP contribution in [0.5, 0.6) is 0 Å². The molecule has 0 spiro atoms. The summed E-state index contributed by atoms with van der Waals surface area (Å²) in [5, 5.41) is 7.36.